The van der Waals surface area contributed by atoms with E-state index in [1.807, 2.05) is 12.2 Å². The minimum absolute atomic E-state index is 0.0173. The summed E-state index contributed by atoms with van der Waals surface area (Å²) in [6, 6.07) is 0. The van der Waals surface area contributed by atoms with E-state index >= 15 is 0 Å². The Hall–Kier alpha value is -1.12. The largest absolute Gasteiger partial charge is 0.458 e. The van der Waals surface area contributed by atoms with E-state index < -0.39 is 0 Å². The summed E-state index contributed by atoms with van der Waals surface area (Å²) >= 11 is 0. The van der Waals surface area contributed by atoms with E-state index in [1.165, 1.54) is 0 Å². The van der Waals surface area contributed by atoms with Gasteiger partial charge in [0.2, 0.25) is 0 Å². The Morgan fingerprint density at radius 1 is 1.08 bits per heavy atom. The van der Waals surface area contributed by atoms with Crippen molar-refractivity contribution in [2.45, 2.75) is 32.1 Å². The van der Waals surface area contributed by atoms with Crippen molar-refractivity contribution in [2.24, 2.45) is 0 Å². The van der Waals surface area contributed by atoms with Gasteiger partial charge in [0.15, 0.2) is 5.78 Å². The van der Waals surface area contributed by atoms with Crippen molar-refractivity contribution >= 4 is 11.8 Å². The van der Waals surface area contributed by atoms with Crippen molar-refractivity contribution in [3.63, 3.8) is 0 Å². The molecule has 0 unspecified atom stereocenters. The minimum atomic E-state index is -0.278. The standard InChI is InChI=1S/C10H14O3/c11-9-6-4-2-1-3-5-7-10(12)13-8-9/h1,3H,2,4-8H2. The first-order valence-corrected chi connectivity index (χ1v) is 4.61. The van der Waals surface area contributed by atoms with Crippen LogP contribution in [-0.2, 0) is 14.3 Å². The summed E-state index contributed by atoms with van der Waals surface area (Å²) in [5, 5.41) is 0. The van der Waals surface area contributed by atoms with Crippen LogP contribution in [0.25, 0.3) is 0 Å². The Morgan fingerprint density at radius 2 is 1.85 bits per heavy atom. The maximum absolute atomic E-state index is 11.1. The summed E-state index contributed by atoms with van der Waals surface area (Å²) in [7, 11) is 0. The molecule has 1 aliphatic rings. The Kier molecular flexibility index (Phi) is 4.23. The fourth-order valence-electron chi connectivity index (χ4n) is 1.16. The molecule has 13 heavy (non-hydrogen) atoms. The molecule has 0 spiro atoms. The number of carbonyl (C=O) groups is 2. The highest BCUT2D eigenvalue weighted by molar-refractivity contribution is 5.82. The SMILES string of the molecule is O=C1CCCC=CCCC(=O)OC1. The second kappa shape index (κ2) is 5.51. The number of esters is 1. The van der Waals surface area contributed by atoms with Gasteiger partial charge in [0.25, 0.3) is 0 Å². The number of carbonyl (C=O) groups excluding carboxylic acids is 2. The Bertz CT molecular complexity index is 218. The molecule has 0 aromatic rings. The van der Waals surface area contributed by atoms with Crippen LogP contribution in [0.2, 0.25) is 0 Å². The third-order valence-corrected chi connectivity index (χ3v) is 1.90. The molecule has 0 aliphatic carbocycles. The first-order chi connectivity index (χ1) is 6.29. The summed E-state index contributed by atoms with van der Waals surface area (Å²) in [6.07, 6.45) is 7.37. The summed E-state index contributed by atoms with van der Waals surface area (Å²) < 4.78 is 4.76. The Balaban J connectivity index is 2.41. The lowest BCUT2D eigenvalue weighted by molar-refractivity contribution is -0.147. The highest BCUT2D eigenvalue weighted by Gasteiger charge is 2.07. The first-order valence-electron chi connectivity index (χ1n) is 4.61. The van der Waals surface area contributed by atoms with Crippen LogP contribution in [0.3, 0.4) is 0 Å². The fourth-order valence-corrected chi connectivity index (χ4v) is 1.16. The van der Waals surface area contributed by atoms with Gasteiger partial charge in [0, 0.05) is 12.8 Å². The van der Waals surface area contributed by atoms with Crippen LogP contribution in [0.5, 0.6) is 0 Å². The number of hydrogen-bond acceptors (Lipinski definition) is 3. The van der Waals surface area contributed by atoms with Crippen molar-refractivity contribution in [2.75, 3.05) is 6.61 Å². The third-order valence-electron chi connectivity index (χ3n) is 1.90. The smallest absolute Gasteiger partial charge is 0.306 e. The van der Waals surface area contributed by atoms with Gasteiger partial charge in [-0.25, -0.2) is 0 Å². The van der Waals surface area contributed by atoms with E-state index in [2.05, 4.69) is 0 Å². The van der Waals surface area contributed by atoms with E-state index in [-0.39, 0.29) is 18.4 Å². The van der Waals surface area contributed by atoms with Gasteiger partial charge in [0.05, 0.1) is 0 Å². The number of Topliss-reactive ketones (excluding diaryl/α,β-unsaturated/α-hetero) is 1. The number of ether oxygens (including phenoxy) is 1. The van der Waals surface area contributed by atoms with Crippen LogP contribution in [0.15, 0.2) is 12.2 Å². The molecule has 0 aromatic carbocycles. The van der Waals surface area contributed by atoms with Gasteiger partial charge in [-0.15, -0.1) is 0 Å². The highest BCUT2D eigenvalue weighted by Crippen LogP contribution is 2.03. The normalized spacial score (nSPS) is 20.6. The molecule has 0 radical (unpaired) electrons. The van der Waals surface area contributed by atoms with E-state index in [0.717, 1.165) is 12.8 Å². The maximum Gasteiger partial charge on any atom is 0.306 e. The van der Waals surface area contributed by atoms with E-state index in [9.17, 15) is 9.59 Å². The molecule has 1 heterocycles. The van der Waals surface area contributed by atoms with Crippen molar-refractivity contribution in [3.8, 4) is 0 Å². The molecule has 0 fully saturated rings. The topological polar surface area (TPSA) is 43.4 Å². The lowest BCUT2D eigenvalue weighted by Gasteiger charge is -2.01. The van der Waals surface area contributed by atoms with Gasteiger partial charge in [0.1, 0.15) is 6.61 Å². The zero-order chi connectivity index (χ0) is 9.52. The molecule has 72 valence electrons. The van der Waals surface area contributed by atoms with E-state index in [4.69, 9.17) is 4.74 Å². The van der Waals surface area contributed by atoms with Crippen molar-refractivity contribution in [3.05, 3.63) is 12.2 Å². The average molecular weight is 182 g/mol. The second-order valence-electron chi connectivity index (χ2n) is 3.10. The van der Waals surface area contributed by atoms with Crippen LogP contribution < -0.4 is 0 Å². The number of cyclic esters (lactones) is 1. The molecule has 1 rings (SSSR count). The summed E-state index contributed by atoms with van der Waals surface area (Å²) in [6.45, 7) is -0.0428. The third kappa shape index (κ3) is 4.45. The van der Waals surface area contributed by atoms with E-state index in [1.54, 1.807) is 0 Å². The predicted octanol–water partition coefficient (Wildman–Crippen LogP) is 1.62. The first kappa shape index (κ1) is 9.96. The summed E-state index contributed by atoms with van der Waals surface area (Å²) in [5.74, 6) is -0.261. The number of hydrogen-bond donors (Lipinski definition) is 0. The molecule has 0 atom stereocenters. The van der Waals surface area contributed by atoms with Gasteiger partial charge in [-0.05, 0) is 19.3 Å². The molecule has 1 aliphatic heterocycles. The lowest BCUT2D eigenvalue weighted by Crippen LogP contribution is -2.12. The molecule has 0 bridgehead atoms. The van der Waals surface area contributed by atoms with Gasteiger partial charge in [-0.3, -0.25) is 9.59 Å². The molecule has 0 aromatic heterocycles. The van der Waals surface area contributed by atoms with Crippen LogP contribution in [0, 0.1) is 0 Å². The van der Waals surface area contributed by atoms with Gasteiger partial charge < -0.3 is 4.74 Å². The van der Waals surface area contributed by atoms with Crippen molar-refractivity contribution in [1.82, 2.24) is 0 Å². The predicted molar refractivity (Wildman–Crippen MR) is 48.2 cm³/mol. The van der Waals surface area contributed by atoms with Crippen molar-refractivity contribution < 1.29 is 14.3 Å². The lowest BCUT2D eigenvalue weighted by atomic mass is 10.2. The maximum atomic E-state index is 11.1. The summed E-state index contributed by atoms with van der Waals surface area (Å²) in [5.41, 5.74) is 0. The van der Waals surface area contributed by atoms with Crippen LogP contribution in [-0.4, -0.2) is 18.4 Å². The number of allylic oxidation sites excluding steroid dienone is 2. The van der Waals surface area contributed by atoms with E-state index in [0.29, 0.717) is 19.3 Å². The van der Waals surface area contributed by atoms with Gasteiger partial charge >= 0.3 is 5.97 Å². The Morgan fingerprint density at radius 3 is 2.69 bits per heavy atom. The monoisotopic (exact) mass is 182 g/mol. The highest BCUT2D eigenvalue weighted by atomic mass is 16.5. The Labute approximate surface area is 77.8 Å². The van der Waals surface area contributed by atoms with Gasteiger partial charge in [-0.1, -0.05) is 12.2 Å². The molecule has 0 saturated carbocycles. The minimum Gasteiger partial charge on any atom is -0.458 e. The molecular formula is C10H14O3. The van der Waals surface area contributed by atoms with Gasteiger partial charge in [-0.2, -0.15) is 0 Å². The molecule has 3 nitrogen and oxygen atoms in total. The van der Waals surface area contributed by atoms with Crippen molar-refractivity contribution in [1.29, 1.82) is 0 Å². The average Bonchev–Trinajstić information content (AvgIpc) is 2.15. The molecule has 0 N–H and O–H groups in total. The summed E-state index contributed by atoms with van der Waals surface area (Å²) in [4.78, 5) is 22.0. The fraction of sp³-hybridized carbons (Fsp3) is 0.600. The molecule has 0 saturated heterocycles. The van der Waals surface area contributed by atoms with Crippen LogP contribution >= 0.6 is 0 Å². The zero-order valence-corrected chi connectivity index (χ0v) is 7.62. The number of ketones is 1. The molecular weight excluding hydrogens is 168 g/mol. The second-order valence-corrected chi connectivity index (χ2v) is 3.10. The zero-order valence-electron chi connectivity index (χ0n) is 7.62. The van der Waals surface area contributed by atoms with Crippen LogP contribution in [0.1, 0.15) is 32.1 Å². The quantitative estimate of drug-likeness (QED) is 0.422. The molecule has 3 heteroatoms. The number of rotatable bonds is 0. The molecule has 0 amide bonds. The van der Waals surface area contributed by atoms with Crippen LogP contribution in [0.4, 0.5) is 0 Å².